The third kappa shape index (κ3) is 4.45. The van der Waals surface area contributed by atoms with Crippen LogP contribution in [0.3, 0.4) is 0 Å². The van der Waals surface area contributed by atoms with E-state index in [1.165, 1.54) is 0 Å². The van der Waals surface area contributed by atoms with Gasteiger partial charge in [-0.1, -0.05) is 12.1 Å². The number of rotatable bonds is 7. The summed E-state index contributed by atoms with van der Waals surface area (Å²) in [5.74, 6) is 0.127. The zero-order chi connectivity index (χ0) is 21.8. The Hall–Kier alpha value is -4.00. The summed E-state index contributed by atoms with van der Waals surface area (Å²) in [4.78, 5) is 35.4. The first-order valence-electron chi connectivity index (χ1n) is 10.1. The molecule has 0 spiro atoms. The van der Waals surface area contributed by atoms with E-state index >= 15 is 0 Å². The molecule has 4 N–H and O–H groups in total. The molecular formula is C24H23N5O2. The molecule has 0 aliphatic rings. The predicted molar refractivity (Wildman–Crippen MR) is 122 cm³/mol. The number of carbonyl (C=O) groups excluding carboxylic acids is 1. The number of primary amides is 1. The molecule has 0 fully saturated rings. The molecule has 0 bridgehead atoms. The molecule has 0 radical (unpaired) electrons. The molecule has 3 aromatic heterocycles. The van der Waals surface area contributed by atoms with E-state index in [4.69, 9.17) is 10.7 Å². The van der Waals surface area contributed by atoms with Gasteiger partial charge in [0.25, 0.3) is 5.56 Å². The Labute approximate surface area is 179 Å². The Balaban J connectivity index is 1.55. The molecule has 1 amide bonds. The van der Waals surface area contributed by atoms with E-state index in [1.54, 1.807) is 30.7 Å². The van der Waals surface area contributed by atoms with E-state index in [-0.39, 0.29) is 5.56 Å². The van der Waals surface area contributed by atoms with E-state index in [9.17, 15) is 9.59 Å². The van der Waals surface area contributed by atoms with Crippen molar-refractivity contribution in [3.63, 3.8) is 0 Å². The summed E-state index contributed by atoms with van der Waals surface area (Å²) in [5, 5.41) is 4.69. The van der Waals surface area contributed by atoms with Crippen LogP contribution in [-0.4, -0.2) is 27.4 Å². The summed E-state index contributed by atoms with van der Waals surface area (Å²) >= 11 is 0. The number of nitrogens with one attached hydrogen (secondary N) is 2. The zero-order valence-corrected chi connectivity index (χ0v) is 17.2. The molecule has 7 nitrogen and oxygen atoms in total. The molecule has 0 saturated heterocycles. The lowest BCUT2D eigenvalue weighted by atomic mass is 10.1. The third-order valence-electron chi connectivity index (χ3n) is 5.24. The number of amides is 1. The second kappa shape index (κ2) is 8.79. The SMILES string of the molecule is Cc1ccncc1-c1cc2cc[nH]c(=O)c2c(NCCCc2ccc(C(N)=O)cc2)n1. The lowest BCUT2D eigenvalue weighted by Gasteiger charge is -2.12. The molecule has 0 saturated carbocycles. The Bertz CT molecular complexity index is 1300. The molecule has 4 aromatic rings. The molecule has 0 aliphatic carbocycles. The van der Waals surface area contributed by atoms with Crippen molar-refractivity contribution in [2.45, 2.75) is 19.8 Å². The fourth-order valence-electron chi connectivity index (χ4n) is 3.55. The molecule has 0 atom stereocenters. The second-order valence-corrected chi connectivity index (χ2v) is 7.41. The highest BCUT2D eigenvalue weighted by Crippen LogP contribution is 2.27. The summed E-state index contributed by atoms with van der Waals surface area (Å²) in [6.07, 6.45) is 6.84. The van der Waals surface area contributed by atoms with Crippen molar-refractivity contribution in [3.05, 3.63) is 88.1 Å². The van der Waals surface area contributed by atoms with Crippen LogP contribution in [0.1, 0.15) is 27.9 Å². The van der Waals surface area contributed by atoms with Gasteiger partial charge in [-0.2, -0.15) is 0 Å². The van der Waals surface area contributed by atoms with E-state index < -0.39 is 5.91 Å². The number of pyridine rings is 3. The zero-order valence-electron chi connectivity index (χ0n) is 17.2. The number of aromatic amines is 1. The van der Waals surface area contributed by atoms with Gasteiger partial charge in [-0.05, 0) is 66.6 Å². The van der Waals surface area contributed by atoms with Crippen LogP contribution >= 0.6 is 0 Å². The predicted octanol–water partition coefficient (Wildman–Crippen LogP) is 3.44. The summed E-state index contributed by atoms with van der Waals surface area (Å²) in [6, 6.07) is 13.0. The van der Waals surface area contributed by atoms with Gasteiger partial charge in [-0.25, -0.2) is 4.98 Å². The molecule has 31 heavy (non-hydrogen) atoms. The van der Waals surface area contributed by atoms with Gasteiger partial charge < -0.3 is 16.0 Å². The summed E-state index contributed by atoms with van der Waals surface area (Å²) in [6.45, 7) is 2.65. The molecular weight excluding hydrogens is 390 g/mol. The quantitative estimate of drug-likeness (QED) is 0.402. The third-order valence-corrected chi connectivity index (χ3v) is 5.24. The lowest BCUT2D eigenvalue weighted by Crippen LogP contribution is -2.12. The van der Waals surface area contributed by atoms with Crippen molar-refractivity contribution in [3.8, 4) is 11.3 Å². The van der Waals surface area contributed by atoms with Crippen LogP contribution in [-0.2, 0) is 6.42 Å². The number of hydrogen-bond donors (Lipinski definition) is 3. The highest BCUT2D eigenvalue weighted by atomic mass is 16.1. The number of benzene rings is 1. The van der Waals surface area contributed by atoms with Gasteiger partial charge in [0, 0.05) is 36.3 Å². The van der Waals surface area contributed by atoms with Crippen LogP contribution in [0, 0.1) is 6.92 Å². The molecule has 3 heterocycles. The summed E-state index contributed by atoms with van der Waals surface area (Å²) < 4.78 is 0. The number of carbonyl (C=O) groups is 1. The minimum absolute atomic E-state index is 0.177. The average Bonchev–Trinajstić information content (AvgIpc) is 2.77. The second-order valence-electron chi connectivity index (χ2n) is 7.41. The fourth-order valence-corrected chi connectivity index (χ4v) is 3.55. The van der Waals surface area contributed by atoms with Gasteiger partial charge in [-0.3, -0.25) is 14.6 Å². The average molecular weight is 413 g/mol. The number of nitrogens with two attached hydrogens (primary N) is 1. The van der Waals surface area contributed by atoms with E-state index in [1.807, 2.05) is 37.3 Å². The van der Waals surface area contributed by atoms with Gasteiger partial charge in [-0.15, -0.1) is 0 Å². The van der Waals surface area contributed by atoms with Crippen molar-refractivity contribution in [2.24, 2.45) is 5.73 Å². The highest BCUT2D eigenvalue weighted by Gasteiger charge is 2.12. The normalized spacial score (nSPS) is 10.9. The number of nitrogens with zero attached hydrogens (tertiary/aromatic N) is 2. The first-order chi connectivity index (χ1) is 15.0. The minimum atomic E-state index is -0.430. The lowest BCUT2D eigenvalue weighted by molar-refractivity contribution is 0.100. The van der Waals surface area contributed by atoms with Gasteiger partial charge in [0.1, 0.15) is 5.82 Å². The molecule has 1 aromatic carbocycles. The molecule has 156 valence electrons. The smallest absolute Gasteiger partial charge is 0.259 e. The molecule has 0 aliphatic heterocycles. The number of H-pyrrole nitrogens is 1. The van der Waals surface area contributed by atoms with Gasteiger partial charge >= 0.3 is 0 Å². The maximum Gasteiger partial charge on any atom is 0.259 e. The Kier molecular flexibility index (Phi) is 5.75. The van der Waals surface area contributed by atoms with Crippen molar-refractivity contribution in [2.75, 3.05) is 11.9 Å². The number of hydrogen-bond acceptors (Lipinski definition) is 5. The number of fused-ring (bicyclic) bond motifs is 1. The van der Waals surface area contributed by atoms with E-state index in [0.29, 0.717) is 23.3 Å². The Morgan fingerprint density at radius 1 is 1.16 bits per heavy atom. The van der Waals surface area contributed by atoms with Crippen LogP contribution in [0.15, 0.2) is 65.8 Å². The van der Waals surface area contributed by atoms with Gasteiger partial charge in [0.05, 0.1) is 11.1 Å². The Morgan fingerprint density at radius 3 is 2.71 bits per heavy atom. The standard InChI is InChI=1S/C24H23N5O2/c1-15-8-11-26-14-19(15)20-13-18-9-12-28-24(31)21(18)23(29-20)27-10-2-3-16-4-6-17(7-5-16)22(25)30/h4-9,11-14H,2-3,10H2,1H3,(H2,25,30)(H,27,29)(H,28,31). The largest absolute Gasteiger partial charge is 0.369 e. The number of aromatic nitrogens is 3. The number of anilines is 1. The summed E-state index contributed by atoms with van der Waals surface area (Å²) in [5.41, 5.74) is 9.49. The molecule has 7 heteroatoms. The monoisotopic (exact) mass is 413 g/mol. The van der Waals surface area contributed by atoms with E-state index in [2.05, 4.69) is 15.3 Å². The van der Waals surface area contributed by atoms with Crippen LogP contribution in [0.4, 0.5) is 5.82 Å². The number of aryl methyl sites for hydroxylation is 2. The van der Waals surface area contributed by atoms with Crippen LogP contribution < -0.4 is 16.6 Å². The maximum atomic E-state index is 12.5. The highest BCUT2D eigenvalue weighted by molar-refractivity contribution is 5.94. The minimum Gasteiger partial charge on any atom is -0.369 e. The first-order valence-corrected chi connectivity index (χ1v) is 10.1. The fraction of sp³-hybridized carbons (Fsp3) is 0.167. The molecule has 4 rings (SSSR count). The van der Waals surface area contributed by atoms with Gasteiger partial charge in [0.2, 0.25) is 5.91 Å². The maximum absolute atomic E-state index is 12.5. The van der Waals surface area contributed by atoms with Gasteiger partial charge in [0.15, 0.2) is 0 Å². The van der Waals surface area contributed by atoms with Crippen molar-refractivity contribution in [1.29, 1.82) is 0 Å². The van der Waals surface area contributed by atoms with Crippen molar-refractivity contribution >= 4 is 22.5 Å². The Morgan fingerprint density at radius 2 is 1.97 bits per heavy atom. The van der Waals surface area contributed by atoms with Crippen LogP contribution in [0.2, 0.25) is 0 Å². The topological polar surface area (TPSA) is 114 Å². The summed E-state index contributed by atoms with van der Waals surface area (Å²) in [7, 11) is 0. The molecule has 0 unspecified atom stereocenters. The van der Waals surface area contributed by atoms with Crippen molar-refractivity contribution < 1.29 is 4.79 Å². The first kappa shape index (κ1) is 20.3. The van der Waals surface area contributed by atoms with E-state index in [0.717, 1.165) is 40.6 Å². The van der Waals surface area contributed by atoms with Crippen LogP contribution in [0.5, 0.6) is 0 Å². The van der Waals surface area contributed by atoms with Crippen LogP contribution in [0.25, 0.3) is 22.0 Å². The van der Waals surface area contributed by atoms with Crippen molar-refractivity contribution in [1.82, 2.24) is 15.0 Å².